The zero-order chi connectivity index (χ0) is 11.8. The van der Waals surface area contributed by atoms with Crippen LogP contribution in [0.4, 0.5) is 0 Å². The maximum absolute atomic E-state index is 13.0. The van der Waals surface area contributed by atoms with E-state index in [-0.39, 0.29) is 15.7 Å². The largest absolute Gasteiger partial charge is 0.322 e. The van der Waals surface area contributed by atoms with E-state index >= 15 is 0 Å². The van der Waals surface area contributed by atoms with Crippen molar-refractivity contribution in [3.63, 3.8) is 0 Å². The van der Waals surface area contributed by atoms with Crippen LogP contribution in [0.15, 0.2) is 0 Å². The molecule has 0 aromatic heterocycles. The lowest BCUT2D eigenvalue weighted by Gasteiger charge is -2.41. The van der Waals surface area contributed by atoms with E-state index in [9.17, 15) is 4.57 Å². The molecule has 0 aliphatic carbocycles. The third kappa shape index (κ3) is 3.00. The lowest BCUT2D eigenvalue weighted by atomic mass is 10.2. The number of hydrogen-bond donors (Lipinski definition) is 0. The molecule has 0 aliphatic rings. The van der Waals surface area contributed by atoms with Gasteiger partial charge in [-0.05, 0) is 6.92 Å². The molecule has 0 saturated heterocycles. The maximum atomic E-state index is 13.0. The smallest absolute Gasteiger partial charge is 0.0991 e. The Kier molecular flexibility index (Phi) is 4.33. The van der Waals surface area contributed by atoms with E-state index < -0.39 is 7.14 Å². The second kappa shape index (κ2) is 4.18. The molecule has 3 heteroatoms. The Hall–Kier alpha value is 0.520. The van der Waals surface area contributed by atoms with Crippen LogP contribution < -0.4 is 0 Å². The van der Waals surface area contributed by atoms with E-state index in [1.54, 1.807) is 0 Å². The fourth-order valence-corrected chi connectivity index (χ4v) is 6.31. The van der Waals surface area contributed by atoms with Crippen LogP contribution in [0.1, 0.15) is 48.5 Å². The monoisotopic (exact) mass is 238 g/mol. The summed E-state index contributed by atoms with van der Waals surface area (Å²) in [5.41, 5.74) is 0. The molecular formula is C11H24ClOP. The highest BCUT2D eigenvalue weighted by molar-refractivity contribution is 7.67. The Labute approximate surface area is 94.0 Å². The van der Waals surface area contributed by atoms with Gasteiger partial charge < -0.3 is 4.57 Å². The van der Waals surface area contributed by atoms with Gasteiger partial charge in [0.2, 0.25) is 0 Å². The van der Waals surface area contributed by atoms with Gasteiger partial charge in [-0.15, -0.1) is 11.6 Å². The predicted octanol–water partition coefficient (Wildman–Crippen LogP) is 4.57. The number of rotatable bonds is 2. The molecule has 0 spiro atoms. The van der Waals surface area contributed by atoms with Crippen molar-refractivity contribution in [1.29, 1.82) is 0 Å². The Morgan fingerprint density at radius 3 is 1.43 bits per heavy atom. The summed E-state index contributed by atoms with van der Waals surface area (Å²) >= 11 is 6.00. The van der Waals surface area contributed by atoms with Gasteiger partial charge >= 0.3 is 0 Å². The van der Waals surface area contributed by atoms with Crippen molar-refractivity contribution in [3.8, 4) is 0 Å². The Morgan fingerprint density at radius 2 is 1.36 bits per heavy atom. The molecule has 0 N–H and O–H groups in total. The molecule has 0 aromatic carbocycles. The number of alkyl halides is 1. The summed E-state index contributed by atoms with van der Waals surface area (Å²) in [5, 5.41) is -0.331. The van der Waals surface area contributed by atoms with E-state index in [4.69, 9.17) is 11.6 Å². The van der Waals surface area contributed by atoms with Crippen LogP contribution in [0.3, 0.4) is 0 Å². The van der Waals surface area contributed by atoms with Gasteiger partial charge in [0.25, 0.3) is 0 Å². The van der Waals surface area contributed by atoms with Gasteiger partial charge in [0.1, 0.15) is 0 Å². The minimum atomic E-state index is -2.28. The van der Waals surface area contributed by atoms with Gasteiger partial charge in [0, 0.05) is 21.9 Å². The molecule has 86 valence electrons. The molecule has 0 rings (SSSR count). The van der Waals surface area contributed by atoms with Gasteiger partial charge in [-0.3, -0.25) is 0 Å². The minimum absolute atomic E-state index is 0.0146. The van der Waals surface area contributed by atoms with Crippen molar-refractivity contribution < 1.29 is 4.57 Å². The Bertz CT molecular complexity index is 215. The Balaban J connectivity index is 5.20. The van der Waals surface area contributed by atoms with Gasteiger partial charge in [-0.25, -0.2) is 0 Å². The summed E-state index contributed by atoms with van der Waals surface area (Å²) in [7, 11) is -2.28. The molecule has 14 heavy (non-hydrogen) atoms. The molecule has 0 heterocycles. The highest BCUT2D eigenvalue weighted by Crippen LogP contribution is 2.67. The SMILES string of the molecule is CC(Cl)CP(=O)(C(C)(C)C)C(C)(C)C. The summed E-state index contributed by atoms with van der Waals surface area (Å²) in [6.45, 7) is 14.2. The first-order valence-electron chi connectivity index (χ1n) is 5.15. The number of hydrogen-bond acceptors (Lipinski definition) is 1. The quantitative estimate of drug-likeness (QED) is 0.509. The molecule has 1 atom stereocenters. The average Bonchev–Trinajstić information content (AvgIpc) is 1.79. The van der Waals surface area contributed by atoms with E-state index in [0.29, 0.717) is 6.16 Å². The predicted molar refractivity (Wildman–Crippen MR) is 67.3 cm³/mol. The van der Waals surface area contributed by atoms with Crippen LogP contribution in [0.5, 0.6) is 0 Å². The number of halogens is 1. The zero-order valence-electron chi connectivity index (χ0n) is 10.5. The highest BCUT2D eigenvalue weighted by atomic mass is 35.5. The zero-order valence-corrected chi connectivity index (χ0v) is 12.2. The molecule has 0 fully saturated rings. The molecule has 1 nitrogen and oxygen atoms in total. The van der Waals surface area contributed by atoms with Crippen LogP contribution >= 0.6 is 18.7 Å². The van der Waals surface area contributed by atoms with Crippen molar-refractivity contribution in [2.24, 2.45) is 0 Å². The van der Waals surface area contributed by atoms with Crippen molar-refractivity contribution in [2.45, 2.75) is 64.2 Å². The molecule has 0 radical (unpaired) electrons. The van der Waals surface area contributed by atoms with E-state index in [0.717, 1.165) is 0 Å². The lowest BCUT2D eigenvalue weighted by Crippen LogP contribution is -2.32. The van der Waals surface area contributed by atoms with Gasteiger partial charge in [0.15, 0.2) is 0 Å². The van der Waals surface area contributed by atoms with E-state index in [2.05, 4.69) is 41.5 Å². The third-order valence-electron chi connectivity index (χ3n) is 2.68. The fourth-order valence-electron chi connectivity index (χ4n) is 1.91. The highest BCUT2D eigenvalue weighted by Gasteiger charge is 2.46. The van der Waals surface area contributed by atoms with Crippen LogP contribution in [0.25, 0.3) is 0 Å². The summed E-state index contributed by atoms with van der Waals surface area (Å²) in [6, 6.07) is 0. The van der Waals surface area contributed by atoms with Crippen LogP contribution in [0, 0.1) is 0 Å². The third-order valence-corrected chi connectivity index (χ3v) is 8.44. The minimum Gasteiger partial charge on any atom is -0.322 e. The average molecular weight is 239 g/mol. The van der Waals surface area contributed by atoms with Gasteiger partial charge in [-0.1, -0.05) is 41.5 Å². The van der Waals surface area contributed by atoms with E-state index in [1.807, 2.05) is 6.92 Å². The van der Waals surface area contributed by atoms with Gasteiger partial charge in [-0.2, -0.15) is 0 Å². The lowest BCUT2D eigenvalue weighted by molar-refractivity contribution is 0.516. The fraction of sp³-hybridized carbons (Fsp3) is 1.00. The van der Waals surface area contributed by atoms with Crippen molar-refractivity contribution >= 4 is 18.7 Å². The van der Waals surface area contributed by atoms with Crippen LogP contribution in [-0.4, -0.2) is 21.9 Å². The second-order valence-corrected chi connectivity index (χ2v) is 11.3. The van der Waals surface area contributed by atoms with Gasteiger partial charge in [0.05, 0.1) is 7.14 Å². The first kappa shape index (κ1) is 14.5. The van der Waals surface area contributed by atoms with Crippen molar-refractivity contribution in [3.05, 3.63) is 0 Å². The second-order valence-electron chi connectivity index (χ2n) is 6.04. The summed E-state index contributed by atoms with van der Waals surface area (Å²) in [5.74, 6) is 0. The first-order chi connectivity index (χ1) is 5.92. The standard InChI is InChI=1S/C11H24ClOP/c1-9(12)8-14(13,10(2,3)4)11(5,6)7/h9H,8H2,1-7H3. The molecule has 0 amide bonds. The molecule has 1 unspecified atom stereocenters. The molecular weight excluding hydrogens is 215 g/mol. The van der Waals surface area contributed by atoms with Crippen LogP contribution in [-0.2, 0) is 4.57 Å². The Morgan fingerprint density at radius 1 is 1.07 bits per heavy atom. The molecule has 0 aliphatic heterocycles. The summed E-state index contributed by atoms with van der Waals surface area (Å²) in [4.78, 5) is 0. The first-order valence-corrected chi connectivity index (χ1v) is 7.48. The normalized spacial score (nSPS) is 16.9. The summed E-state index contributed by atoms with van der Waals surface area (Å²) < 4.78 is 13.0. The molecule has 0 aromatic rings. The molecule has 0 bridgehead atoms. The summed E-state index contributed by atoms with van der Waals surface area (Å²) in [6.07, 6.45) is 0.627. The van der Waals surface area contributed by atoms with Crippen LogP contribution in [0.2, 0.25) is 0 Å². The maximum Gasteiger partial charge on any atom is 0.0991 e. The molecule has 0 saturated carbocycles. The van der Waals surface area contributed by atoms with Crippen molar-refractivity contribution in [1.82, 2.24) is 0 Å². The van der Waals surface area contributed by atoms with E-state index in [1.165, 1.54) is 0 Å². The topological polar surface area (TPSA) is 17.1 Å². The van der Waals surface area contributed by atoms with Crippen molar-refractivity contribution in [2.75, 3.05) is 6.16 Å².